The van der Waals surface area contributed by atoms with Gasteiger partial charge in [-0.15, -0.1) is 0 Å². The summed E-state index contributed by atoms with van der Waals surface area (Å²) in [6, 6.07) is 9.51. The molecule has 4 rings (SSSR count). The Hall–Kier alpha value is -3.42. The number of amides is 1. The molecule has 3 aromatic rings. The van der Waals surface area contributed by atoms with Gasteiger partial charge in [-0.05, 0) is 57.4 Å². The molecule has 0 aromatic carbocycles. The predicted molar refractivity (Wildman–Crippen MR) is 118 cm³/mol. The van der Waals surface area contributed by atoms with Crippen molar-refractivity contribution in [3.8, 4) is 11.5 Å². The lowest BCUT2D eigenvalue weighted by Crippen LogP contribution is -2.31. The summed E-state index contributed by atoms with van der Waals surface area (Å²) in [5.74, 6) is 1.37. The number of carbonyl (C=O) groups is 1. The van der Waals surface area contributed by atoms with Gasteiger partial charge >= 0.3 is 0 Å². The molecule has 1 fully saturated rings. The van der Waals surface area contributed by atoms with Crippen molar-refractivity contribution in [3.05, 3.63) is 59.8 Å². The number of hydrogen-bond donors (Lipinski definition) is 1. The van der Waals surface area contributed by atoms with Crippen molar-refractivity contribution in [2.45, 2.75) is 45.6 Å². The molecule has 4 heterocycles. The van der Waals surface area contributed by atoms with Crippen LogP contribution in [0.5, 0.6) is 0 Å². The summed E-state index contributed by atoms with van der Waals surface area (Å²) in [4.78, 5) is 37.0. The quantitative estimate of drug-likeness (QED) is 0.588. The van der Waals surface area contributed by atoms with E-state index in [2.05, 4.69) is 25.3 Å². The molecule has 1 aliphatic rings. The number of likely N-dealkylation sites (tertiary alicyclic amines) is 1. The van der Waals surface area contributed by atoms with E-state index in [-0.39, 0.29) is 11.9 Å². The fraction of sp³-hybridized carbons (Fsp3) is 0.391. The lowest BCUT2D eigenvalue weighted by Gasteiger charge is -2.24. The van der Waals surface area contributed by atoms with E-state index in [9.17, 15) is 4.79 Å². The fourth-order valence-corrected chi connectivity index (χ4v) is 3.94. The Morgan fingerprint density at radius 1 is 1.10 bits per heavy atom. The third-order valence-electron chi connectivity index (χ3n) is 5.32. The Balaban J connectivity index is 1.35. The highest BCUT2D eigenvalue weighted by atomic mass is 16.2. The Morgan fingerprint density at radius 2 is 1.94 bits per heavy atom. The number of hydrogen-bond acceptors (Lipinski definition) is 7. The maximum absolute atomic E-state index is 12.9. The summed E-state index contributed by atoms with van der Waals surface area (Å²) in [6.07, 6.45) is 6.58. The zero-order valence-corrected chi connectivity index (χ0v) is 18.0. The van der Waals surface area contributed by atoms with Crippen LogP contribution < -0.4 is 5.32 Å². The summed E-state index contributed by atoms with van der Waals surface area (Å²) in [7, 11) is 0. The molecule has 1 N–H and O–H groups in total. The van der Waals surface area contributed by atoms with Gasteiger partial charge in [0.05, 0.1) is 11.7 Å². The summed E-state index contributed by atoms with van der Waals surface area (Å²) < 4.78 is 0. The van der Waals surface area contributed by atoms with Gasteiger partial charge in [0.1, 0.15) is 5.69 Å². The summed E-state index contributed by atoms with van der Waals surface area (Å²) >= 11 is 0. The number of aromatic nitrogens is 5. The predicted octanol–water partition coefficient (Wildman–Crippen LogP) is 3.50. The Morgan fingerprint density at radius 3 is 2.71 bits per heavy atom. The van der Waals surface area contributed by atoms with Crippen molar-refractivity contribution < 1.29 is 4.79 Å². The molecule has 8 nitrogen and oxygen atoms in total. The van der Waals surface area contributed by atoms with Crippen LogP contribution in [-0.4, -0.2) is 48.8 Å². The number of anilines is 1. The minimum absolute atomic E-state index is 0.00585. The Kier molecular flexibility index (Phi) is 6.45. The van der Waals surface area contributed by atoms with Crippen LogP contribution in [0, 0.1) is 13.8 Å². The largest absolute Gasteiger partial charge is 0.354 e. The highest BCUT2D eigenvalue weighted by molar-refractivity contribution is 5.77. The molecule has 0 unspecified atom stereocenters. The van der Waals surface area contributed by atoms with Crippen molar-refractivity contribution in [1.82, 2.24) is 29.8 Å². The lowest BCUT2D eigenvalue weighted by molar-refractivity contribution is -0.132. The zero-order valence-electron chi connectivity index (χ0n) is 18.0. The highest BCUT2D eigenvalue weighted by Crippen LogP contribution is 2.32. The Labute approximate surface area is 182 Å². The molecule has 1 aliphatic heterocycles. The number of rotatable bonds is 7. The van der Waals surface area contributed by atoms with Crippen LogP contribution in [-0.2, 0) is 4.79 Å². The number of aryl methyl sites for hydroxylation is 2. The molecule has 1 saturated heterocycles. The van der Waals surface area contributed by atoms with E-state index >= 15 is 0 Å². The van der Waals surface area contributed by atoms with Gasteiger partial charge in [0.15, 0.2) is 5.82 Å². The zero-order chi connectivity index (χ0) is 21.6. The normalized spacial score (nSPS) is 15.8. The summed E-state index contributed by atoms with van der Waals surface area (Å²) in [5.41, 5.74) is 3.48. The van der Waals surface area contributed by atoms with E-state index in [0.29, 0.717) is 24.7 Å². The van der Waals surface area contributed by atoms with Gasteiger partial charge in [-0.25, -0.2) is 19.9 Å². The van der Waals surface area contributed by atoms with Crippen LogP contribution in [0.4, 0.5) is 5.95 Å². The van der Waals surface area contributed by atoms with E-state index < -0.39 is 0 Å². The minimum Gasteiger partial charge on any atom is -0.354 e. The molecule has 0 spiro atoms. The van der Waals surface area contributed by atoms with Gasteiger partial charge in [-0.2, -0.15) is 0 Å². The highest BCUT2D eigenvalue weighted by Gasteiger charge is 2.30. The van der Waals surface area contributed by atoms with E-state index in [0.717, 1.165) is 48.6 Å². The van der Waals surface area contributed by atoms with E-state index in [4.69, 9.17) is 4.98 Å². The van der Waals surface area contributed by atoms with Crippen LogP contribution in [0.2, 0.25) is 0 Å². The molecule has 1 amide bonds. The topological polar surface area (TPSA) is 96.8 Å². The SMILES string of the molecule is Cc1cc(C)nc(NCCCC(=O)N2CCC[C@H]2c2ccnc(-c3ccccn3)n2)n1. The van der Waals surface area contributed by atoms with E-state index in [1.54, 1.807) is 12.4 Å². The second kappa shape index (κ2) is 9.59. The minimum atomic E-state index is -0.00585. The van der Waals surface area contributed by atoms with Crippen molar-refractivity contribution in [2.75, 3.05) is 18.4 Å². The average Bonchev–Trinajstić information content (AvgIpc) is 3.27. The fourth-order valence-electron chi connectivity index (χ4n) is 3.94. The molecular formula is C23H27N7O. The van der Waals surface area contributed by atoms with Gasteiger partial charge in [0.25, 0.3) is 0 Å². The number of nitrogens with one attached hydrogen (secondary N) is 1. The summed E-state index contributed by atoms with van der Waals surface area (Å²) in [5, 5.41) is 3.22. The molecule has 0 radical (unpaired) electrons. The van der Waals surface area contributed by atoms with Gasteiger partial charge in [-0.1, -0.05) is 6.07 Å². The molecule has 0 bridgehead atoms. The third kappa shape index (κ3) is 5.20. The molecule has 0 aliphatic carbocycles. The molecule has 0 saturated carbocycles. The first-order valence-corrected chi connectivity index (χ1v) is 10.7. The molecule has 8 heteroatoms. The second-order valence-corrected chi connectivity index (χ2v) is 7.77. The van der Waals surface area contributed by atoms with Crippen molar-refractivity contribution >= 4 is 11.9 Å². The smallest absolute Gasteiger partial charge is 0.223 e. The average molecular weight is 418 g/mol. The maximum Gasteiger partial charge on any atom is 0.223 e. The molecule has 1 atom stereocenters. The summed E-state index contributed by atoms with van der Waals surface area (Å²) in [6.45, 7) is 5.32. The lowest BCUT2D eigenvalue weighted by atomic mass is 10.1. The molecule has 160 valence electrons. The first-order valence-electron chi connectivity index (χ1n) is 10.7. The number of nitrogens with zero attached hydrogens (tertiary/aromatic N) is 6. The van der Waals surface area contributed by atoms with Crippen LogP contribution in [0.15, 0.2) is 42.7 Å². The van der Waals surface area contributed by atoms with Gasteiger partial charge in [0, 0.05) is 43.3 Å². The van der Waals surface area contributed by atoms with E-state index in [1.165, 1.54) is 0 Å². The van der Waals surface area contributed by atoms with Crippen LogP contribution in [0.25, 0.3) is 11.5 Å². The van der Waals surface area contributed by atoms with Crippen LogP contribution in [0.1, 0.15) is 48.8 Å². The van der Waals surface area contributed by atoms with E-state index in [1.807, 2.05) is 49.1 Å². The standard InChI is InChI=1S/C23H27N7O/c1-16-15-17(2)28-23(27-16)26-12-5-9-21(31)30-14-6-8-20(30)18-10-13-25-22(29-18)19-7-3-4-11-24-19/h3-4,7,10-11,13,15,20H,5-6,8-9,12,14H2,1-2H3,(H,26,27,28)/t20-/m0/s1. The first kappa shape index (κ1) is 20.8. The van der Waals surface area contributed by atoms with Gasteiger partial charge in [-0.3, -0.25) is 9.78 Å². The number of carbonyl (C=O) groups excluding carboxylic acids is 1. The van der Waals surface area contributed by atoms with Crippen molar-refractivity contribution in [2.24, 2.45) is 0 Å². The van der Waals surface area contributed by atoms with Crippen LogP contribution >= 0.6 is 0 Å². The Bertz CT molecular complexity index is 1020. The molecular weight excluding hydrogens is 390 g/mol. The first-order chi connectivity index (χ1) is 15.1. The van der Waals surface area contributed by atoms with Crippen molar-refractivity contribution in [3.63, 3.8) is 0 Å². The van der Waals surface area contributed by atoms with Crippen LogP contribution in [0.3, 0.4) is 0 Å². The molecule has 3 aromatic heterocycles. The number of pyridine rings is 1. The van der Waals surface area contributed by atoms with Gasteiger partial charge < -0.3 is 10.2 Å². The third-order valence-corrected chi connectivity index (χ3v) is 5.32. The monoisotopic (exact) mass is 417 g/mol. The maximum atomic E-state index is 12.9. The van der Waals surface area contributed by atoms with Gasteiger partial charge in [0.2, 0.25) is 11.9 Å². The molecule has 31 heavy (non-hydrogen) atoms. The van der Waals surface area contributed by atoms with Crippen molar-refractivity contribution in [1.29, 1.82) is 0 Å². The second-order valence-electron chi connectivity index (χ2n) is 7.77.